The van der Waals surface area contributed by atoms with Crippen LogP contribution >= 0.6 is 55.8 Å². The van der Waals surface area contributed by atoms with Crippen LogP contribution in [0.3, 0.4) is 0 Å². The lowest BCUT2D eigenvalue weighted by molar-refractivity contribution is -0.113. The molecule has 0 radical (unpaired) electrons. The Labute approximate surface area is 157 Å². The van der Waals surface area contributed by atoms with Crippen molar-refractivity contribution in [3.8, 4) is 0 Å². The van der Waals surface area contributed by atoms with Crippen LogP contribution in [0.15, 0.2) is 27.1 Å². The number of likely N-dealkylation sites (tertiary alicyclic amines) is 1. The number of nitrogens with zero attached hydrogens (tertiary/aromatic N) is 1. The fourth-order valence-electron chi connectivity index (χ4n) is 2.18. The summed E-state index contributed by atoms with van der Waals surface area (Å²) in [6.07, 6.45) is 2.36. The van der Waals surface area contributed by atoms with Crippen molar-refractivity contribution >= 4 is 71.8 Å². The predicted octanol–water partition coefficient (Wildman–Crippen LogP) is 4.90. The molecule has 0 unspecified atom stereocenters. The number of thiocarbonyl (C=S) groups is 1. The summed E-state index contributed by atoms with van der Waals surface area (Å²) < 4.78 is 2.70. The van der Waals surface area contributed by atoms with Crippen molar-refractivity contribution in [3.05, 3.63) is 27.1 Å². The Morgan fingerprint density at radius 1 is 1.36 bits per heavy atom. The van der Waals surface area contributed by atoms with E-state index in [1.165, 1.54) is 24.6 Å². The standard InChI is InChI=1S/C15H18Br2N2OS2/c1-10-4-6-19(7-5-10)15(21)22-9-14(20)18-11-2-3-12(16)13(17)8-11/h2-3,8,10H,4-7,9H2,1H3,(H,18,20). The molecule has 22 heavy (non-hydrogen) atoms. The van der Waals surface area contributed by atoms with Gasteiger partial charge in [0.05, 0.1) is 5.75 Å². The maximum atomic E-state index is 12.0. The third kappa shape index (κ3) is 5.51. The minimum atomic E-state index is -0.0352. The van der Waals surface area contributed by atoms with Crippen molar-refractivity contribution in [2.45, 2.75) is 19.8 Å². The number of nitrogens with one attached hydrogen (secondary N) is 1. The largest absolute Gasteiger partial charge is 0.357 e. The fourth-order valence-corrected chi connectivity index (χ4v) is 3.86. The number of carbonyl (C=O) groups excluding carboxylic acids is 1. The molecule has 2 rings (SSSR count). The van der Waals surface area contributed by atoms with Gasteiger partial charge in [-0.05, 0) is 68.8 Å². The zero-order chi connectivity index (χ0) is 16.1. The van der Waals surface area contributed by atoms with E-state index in [1.807, 2.05) is 18.2 Å². The molecule has 0 saturated carbocycles. The van der Waals surface area contributed by atoms with Gasteiger partial charge in [-0.2, -0.15) is 0 Å². The van der Waals surface area contributed by atoms with Gasteiger partial charge in [0.15, 0.2) is 0 Å². The van der Waals surface area contributed by atoms with E-state index in [0.29, 0.717) is 5.75 Å². The summed E-state index contributed by atoms with van der Waals surface area (Å²) in [5.41, 5.74) is 0.776. The van der Waals surface area contributed by atoms with Crippen molar-refractivity contribution in [3.63, 3.8) is 0 Å². The van der Waals surface area contributed by atoms with Gasteiger partial charge < -0.3 is 10.2 Å². The zero-order valence-electron chi connectivity index (χ0n) is 12.3. The zero-order valence-corrected chi connectivity index (χ0v) is 17.1. The second kappa shape index (κ2) is 8.66. The van der Waals surface area contributed by atoms with Gasteiger partial charge in [0.1, 0.15) is 4.32 Å². The van der Waals surface area contributed by atoms with Crippen LogP contribution in [0.2, 0.25) is 0 Å². The molecule has 0 spiro atoms. The number of amides is 1. The minimum absolute atomic E-state index is 0.0352. The molecule has 1 saturated heterocycles. The molecule has 1 aliphatic rings. The highest BCUT2D eigenvalue weighted by Crippen LogP contribution is 2.26. The lowest BCUT2D eigenvalue weighted by Gasteiger charge is -2.31. The van der Waals surface area contributed by atoms with Gasteiger partial charge in [0.25, 0.3) is 0 Å². The van der Waals surface area contributed by atoms with Crippen LogP contribution in [0.5, 0.6) is 0 Å². The Hall–Kier alpha value is -0.110. The van der Waals surface area contributed by atoms with Crippen molar-refractivity contribution in [2.24, 2.45) is 5.92 Å². The number of rotatable bonds is 3. The molecule has 3 nitrogen and oxygen atoms in total. The summed E-state index contributed by atoms with van der Waals surface area (Å²) in [4.78, 5) is 14.2. The Kier molecular flexibility index (Phi) is 7.18. The molecule has 0 aliphatic carbocycles. The first kappa shape index (κ1) is 18.2. The second-order valence-corrected chi connectivity index (χ2v) is 8.72. The van der Waals surface area contributed by atoms with Crippen molar-refractivity contribution in [2.75, 3.05) is 24.2 Å². The molecule has 1 aliphatic heterocycles. The molecule has 1 amide bonds. The molecular weight excluding hydrogens is 448 g/mol. The van der Waals surface area contributed by atoms with Crippen LogP contribution < -0.4 is 5.32 Å². The molecule has 120 valence electrons. The van der Waals surface area contributed by atoms with E-state index in [0.717, 1.165) is 38.0 Å². The van der Waals surface area contributed by atoms with Crippen molar-refractivity contribution in [1.29, 1.82) is 0 Å². The smallest absolute Gasteiger partial charge is 0.234 e. The topological polar surface area (TPSA) is 32.3 Å². The maximum Gasteiger partial charge on any atom is 0.234 e. The number of hydrogen-bond acceptors (Lipinski definition) is 3. The highest BCUT2D eigenvalue weighted by atomic mass is 79.9. The van der Waals surface area contributed by atoms with E-state index in [4.69, 9.17) is 12.2 Å². The van der Waals surface area contributed by atoms with Gasteiger partial charge in [0.2, 0.25) is 5.91 Å². The van der Waals surface area contributed by atoms with Gasteiger partial charge in [-0.1, -0.05) is 30.9 Å². The molecule has 1 heterocycles. The minimum Gasteiger partial charge on any atom is -0.357 e. The Balaban J connectivity index is 1.77. The number of hydrogen-bond donors (Lipinski definition) is 1. The Bertz CT molecular complexity index is 560. The van der Waals surface area contributed by atoms with E-state index in [-0.39, 0.29) is 5.91 Å². The summed E-state index contributed by atoms with van der Waals surface area (Å²) in [5.74, 6) is 1.09. The van der Waals surface area contributed by atoms with E-state index in [1.54, 1.807) is 0 Å². The summed E-state index contributed by atoms with van der Waals surface area (Å²) in [7, 11) is 0. The van der Waals surface area contributed by atoms with E-state index < -0.39 is 0 Å². The molecule has 1 fully saturated rings. The van der Waals surface area contributed by atoms with Crippen molar-refractivity contribution in [1.82, 2.24) is 4.90 Å². The molecule has 1 N–H and O–H groups in total. The van der Waals surface area contributed by atoms with Crippen LogP contribution in [0, 0.1) is 5.92 Å². The molecule has 1 aromatic carbocycles. The monoisotopic (exact) mass is 464 g/mol. The maximum absolute atomic E-state index is 12.0. The quantitative estimate of drug-likeness (QED) is 0.643. The fraction of sp³-hybridized carbons (Fsp3) is 0.467. The number of carbonyl (C=O) groups is 1. The van der Waals surface area contributed by atoms with Crippen LogP contribution in [0.25, 0.3) is 0 Å². The molecule has 7 heteroatoms. The third-order valence-electron chi connectivity index (χ3n) is 3.57. The molecular formula is C15H18Br2N2OS2. The van der Waals surface area contributed by atoms with Crippen LogP contribution in [0.1, 0.15) is 19.8 Å². The SMILES string of the molecule is CC1CCN(C(=S)SCC(=O)Nc2ccc(Br)c(Br)c2)CC1. The number of benzene rings is 1. The average Bonchev–Trinajstić information content (AvgIpc) is 2.49. The Morgan fingerprint density at radius 2 is 2.05 bits per heavy atom. The first-order chi connectivity index (χ1) is 10.5. The Morgan fingerprint density at radius 3 is 2.68 bits per heavy atom. The number of anilines is 1. The molecule has 0 bridgehead atoms. The van der Waals surface area contributed by atoms with Crippen LogP contribution in [-0.2, 0) is 4.79 Å². The number of piperidine rings is 1. The highest BCUT2D eigenvalue weighted by molar-refractivity contribution is 9.13. The number of halogens is 2. The third-order valence-corrected chi connectivity index (χ3v) is 6.98. The normalized spacial score (nSPS) is 15.7. The summed E-state index contributed by atoms with van der Waals surface area (Å²) >= 11 is 13.7. The van der Waals surface area contributed by atoms with Gasteiger partial charge >= 0.3 is 0 Å². The molecule has 0 atom stereocenters. The first-order valence-corrected chi connectivity index (χ1v) is 10.1. The summed E-state index contributed by atoms with van der Waals surface area (Å²) in [5, 5.41) is 2.89. The number of thioether (sulfide) groups is 1. The van der Waals surface area contributed by atoms with Gasteiger partial charge in [-0.3, -0.25) is 4.79 Å². The van der Waals surface area contributed by atoms with E-state index in [2.05, 4.69) is 49.0 Å². The molecule has 0 aromatic heterocycles. The van der Waals surface area contributed by atoms with E-state index in [9.17, 15) is 4.79 Å². The lowest BCUT2D eigenvalue weighted by Crippen LogP contribution is -2.36. The summed E-state index contributed by atoms with van der Waals surface area (Å²) in [6.45, 7) is 4.29. The van der Waals surface area contributed by atoms with Crippen LogP contribution in [0.4, 0.5) is 5.69 Å². The molecule has 1 aromatic rings. The van der Waals surface area contributed by atoms with Gasteiger partial charge in [-0.25, -0.2) is 0 Å². The second-order valence-electron chi connectivity index (χ2n) is 5.40. The van der Waals surface area contributed by atoms with E-state index >= 15 is 0 Å². The first-order valence-electron chi connectivity index (χ1n) is 7.12. The summed E-state index contributed by atoms with van der Waals surface area (Å²) in [6, 6.07) is 5.63. The predicted molar refractivity (Wildman–Crippen MR) is 105 cm³/mol. The average molecular weight is 466 g/mol. The van der Waals surface area contributed by atoms with Crippen molar-refractivity contribution < 1.29 is 4.79 Å². The van der Waals surface area contributed by atoms with Crippen LogP contribution in [-0.4, -0.2) is 34.0 Å². The highest BCUT2D eigenvalue weighted by Gasteiger charge is 2.18. The van der Waals surface area contributed by atoms with Gasteiger partial charge in [-0.15, -0.1) is 0 Å². The van der Waals surface area contributed by atoms with Gasteiger partial charge in [0, 0.05) is 27.7 Å². The lowest BCUT2D eigenvalue weighted by atomic mass is 10.00.